The summed E-state index contributed by atoms with van der Waals surface area (Å²) in [4.78, 5) is 24.1. The summed E-state index contributed by atoms with van der Waals surface area (Å²) in [6.07, 6.45) is 6.35. The number of esters is 1. The molecule has 2 aromatic carbocycles. The molecule has 5 nitrogen and oxygen atoms in total. The van der Waals surface area contributed by atoms with Crippen LogP contribution in [0.5, 0.6) is 11.5 Å². The molecule has 5 heteroatoms. The van der Waals surface area contributed by atoms with Crippen molar-refractivity contribution in [2.24, 2.45) is 5.92 Å². The van der Waals surface area contributed by atoms with Crippen LogP contribution in [0, 0.1) is 5.92 Å². The first-order chi connectivity index (χ1) is 12.7. The summed E-state index contributed by atoms with van der Waals surface area (Å²) in [5.41, 5.74) is 0.526. The van der Waals surface area contributed by atoms with Gasteiger partial charge in [-0.25, -0.2) is 0 Å². The standard InChI is InChI=1S/C21H21NO4/c23-20(15-25-21(24)16-9-3-1-4-10-16)22-18-13-7-8-14-19(18)26-17-11-5-2-6-12-17/h1-3,5-8,11-14,16H,4,9-10,15H2,(H,22,23). The highest BCUT2D eigenvalue weighted by atomic mass is 16.5. The SMILES string of the molecule is O=C(COC(=O)C1CC=CCC1)Nc1ccccc1Oc1ccccc1. The lowest BCUT2D eigenvalue weighted by Gasteiger charge is -2.16. The van der Waals surface area contributed by atoms with Crippen LogP contribution in [0.2, 0.25) is 0 Å². The second-order valence-corrected chi connectivity index (χ2v) is 6.05. The summed E-state index contributed by atoms with van der Waals surface area (Å²) in [5.74, 6) is 0.329. The Morgan fingerprint density at radius 2 is 1.77 bits per heavy atom. The van der Waals surface area contributed by atoms with Gasteiger partial charge < -0.3 is 14.8 Å². The number of benzene rings is 2. The number of anilines is 1. The summed E-state index contributed by atoms with van der Waals surface area (Å²) in [6.45, 7) is -0.307. The topological polar surface area (TPSA) is 64.6 Å². The lowest BCUT2D eigenvalue weighted by Crippen LogP contribution is -2.25. The number of hydrogen-bond donors (Lipinski definition) is 1. The third-order valence-corrected chi connectivity index (χ3v) is 4.08. The van der Waals surface area contributed by atoms with E-state index in [9.17, 15) is 9.59 Å². The van der Waals surface area contributed by atoms with Crippen LogP contribution in [0.4, 0.5) is 5.69 Å². The highest BCUT2D eigenvalue weighted by Crippen LogP contribution is 2.29. The monoisotopic (exact) mass is 351 g/mol. The van der Waals surface area contributed by atoms with Crippen LogP contribution in [-0.2, 0) is 14.3 Å². The largest absolute Gasteiger partial charge is 0.455 e. The minimum absolute atomic E-state index is 0.151. The van der Waals surface area contributed by atoms with Crippen LogP contribution >= 0.6 is 0 Å². The van der Waals surface area contributed by atoms with Crippen LogP contribution in [0.3, 0.4) is 0 Å². The number of allylic oxidation sites excluding steroid dienone is 2. The average molecular weight is 351 g/mol. The van der Waals surface area contributed by atoms with Crippen molar-refractivity contribution in [3.63, 3.8) is 0 Å². The van der Waals surface area contributed by atoms with Gasteiger partial charge in [-0.05, 0) is 43.5 Å². The zero-order valence-corrected chi connectivity index (χ0v) is 14.4. The van der Waals surface area contributed by atoms with Crippen LogP contribution in [0.15, 0.2) is 66.7 Å². The van der Waals surface area contributed by atoms with E-state index in [2.05, 4.69) is 11.4 Å². The van der Waals surface area contributed by atoms with Crippen molar-refractivity contribution in [1.29, 1.82) is 0 Å². The van der Waals surface area contributed by atoms with E-state index in [0.717, 1.165) is 12.8 Å². The van der Waals surface area contributed by atoms with E-state index >= 15 is 0 Å². The predicted octanol–water partition coefficient (Wildman–Crippen LogP) is 4.32. The molecule has 1 aliphatic rings. The lowest BCUT2D eigenvalue weighted by molar-refractivity contribution is -0.151. The molecule has 1 N–H and O–H groups in total. The molecule has 2 aromatic rings. The van der Waals surface area contributed by atoms with E-state index < -0.39 is 5.91 Å². The molecule has 0 bridgehead atoms. The van der Waals surface area contributed by atoms with Gasteiger partial charge in [-0.1, -0.05) is 42.5 Å². The minimum Gasteiger partial charge on any atom is -0.455 e. The molecule has 0 heterocycles. The van der Waals surface area contributed by atoms with Gasteiger partial charge >= 0.3 is 5.97 Å². The fourth-order valence-corrected chi connectivity index (χ4v) is 2.72. The van der Waals surface area contributed by atoms with Gasteiger partial charge in [-0.15, -0.1) is 0 Å². The minimum atomic E-state index is -0.395. The van der Waals surface area contributed by atoms with Crippen molar-refractivity contribution in [3.05, 3.63) is 66.7 Å². The Labute approximate surface area is 152 Å². The quantitative estimate of drug-likeness (QED) is 0.622. The molecule has 3 rings (SSSR count). The zero-order valence-electron chi connectivity index (χ0n) is 14.4. The average Bonchev–Trinajstić information content (AvgIpc) is 2.69. The number of carbonyl (C=O) groups is 2. The first-order valence-corrected chi connectivity index (χ1v) is 8.66. The first-order valence-electron chi connectivity index (χ1n) is 8.66. The summed E-state index contributed by atoms with van der Waals surface area (Å²) >= 11 is 0. The summed E-state index contributed by atoms with van der Waals surface area (Å²) in [5, 5.41) is 2.73. The fourth-order valence-electron chi connectivity index (χ4n) is 2.72. The normalized spacial score (nSPS) is 15.9. The highest BCUT2D eigenvalue weighted by molar-refractivity contribution is 5.94. The van der Waals surface area contributed by atoms with Gasteiger partial charge in [-0.2, -0.15) is 0 Å². The van der Waals surface area contributed by atoms with Gasteiger partial charge in [-0.3, -0.25) is 9.59 Å². The van der Waals surface area contributed by atoms with Crippen molar-refractivity contribution in [2.45, 2.75) is 19.3 Å². The number of nitrogens with one attached hydrogen (secondary N) is 1. The molecule has 0 spiro atoms. The van der Waals surface area contributed by atoms with Gasteiger partial charge in [0.25, 0.3) is 5.91 Å². The molecule has 0 aromatic heterocycles. The van der Waals surface area contributed by atoms with Crippen LogP contribution in [0.1, 0.15) is 19.3 Å². The molecular weight excluding hydrogens is 330 g/mol. The molecule has 1 atom stereocenters. The number of ether oxygens (including phenoxy) is 2. The molecule has 0 radical (unpaired) electrons. The van der Waals surface area contributed by atoms with Crippen molar-refractivity contribution < 1.29 is 19.1 Å². The molecule has 1 unspecified atom stereocenters. The van der Waals surface area contributed by atoms with E-state index in [-0.39, 0.29) is 18.5 Å². The zero-order chi connectivity index (χ0) is 18.2. The lowest BCUT2D eigenvalue weighted by atomic mass is 9.95. The molecule has 0 fully saturated rings. The first kappa shape index (κ1) is 17.7. The summed E-state index contributed by atoms with van der Waals surface area (Å²) in [7, 11) is 0. The Balaban J connectivity index is 1.55. The Hall–Kier alpha value is -3.08. The molecule has 134 valence electrons. The van der Waals surface area contributed by atoms with Gasteiger partial charge in [0, 0.05) is 0 Å². The van der Waals surface area contributed by atoms with Crippen LogP contribution in [0.25, 0.3) is 0 Å². The molecule has 0 saturated carbocycles. The number of carbonyl (C=O) groups excluding carboxylic acids is 2. The number of para-hydroxylation sites is 3. The Kier molecular flexibility index (Phi) is 6.04. The van der Waals surface area contributed by atoms with Crippen LogP contribution < -0.4 is 10.1 Å². The molecule has 0 aliphatic heterocycles. The summed E-state index contributed by atoms with van der Waals surface area (Å²) < 4.78 is 10.9. The van der Waals surface area contributed by atoms with Gasteiger partial charge in [0.05, 0.1) is 11.6 Å². The number of rotatable bonds is 6. The van der Waals surface area contributed by atoms with Crippen molar-refractivity contribution in [1.82, 2.24) is 0 Å². The van der Waals surface area contributed by atoms with E-state index in [4.69, 9.17) is 9.47 Å². The second-order valence-electron chi connectivity index (χ2n) is 6.05. The molecular formula is C21H21NO4. The maximum atomic E-state index is 12.1. The number of amides is 1. The highest BCUT2D eigenvalue weighted by Gasteiger charge is 2.21. The van der Waals surface area contributed by atoms with Crippen molar-refractivity contribution >= 4 is 17.6 Å². The second kappa shape index (κ2) is 8.85. The van der Waals surface area contributed by atoms with E-state index in [1.807, 2.05) is 42.5 Å². The predicted molar refractivity (Wildman–Crippen MR) is 99.0 cm³/mol. The van der Waals surface area contributed by atoms with E-state index in [0.29, 0.717) is 23.6 Å². The third kappa shape index (κ3) is 4.96. The Morgan fingerprint density at radius 3 is 2.54 bits per heavy atom. The van der Waals surface area contributed by atoms with E-state index in [1.165, 1.54) is 0 Å². The Bertz CT molecular complexity index is 786. The van der Waals surface area contributed by atoms with Gasteiger partial charge in [0.15, 0.2) is 12.4 Å². The Morgan fingerprint density at radius 1 is 1.00 bits per heavy atom. The van der Waals surface area contributed by atoms with E-state index in [1.54, 1.807) is 18.2 Å². The maximum absolute atomic E-state index is 12.1. The van der Waals surface area contributed by atoms with Gasteiger partial charge in [0.1, 0.15) is 5.75 Å². The maximum Gasteiger partial charge on any atom is 0.309 e. The molecule has 1 aliphatic carbocycles. The smallest absolute Gasteiger partial charge is 0.309 e. The molecule has 1 amide bonds. The molecule has 0 saturated heterocycles. The van der Waals surface area contributed by atoms with Crippen molar-refractivity contribution in [2.75, 3.05) is 11.9 Å². The number of hydrogen-bond acceptors (Lipinski definition) is 4. The van der Waals surface area contributed by atoms with Crippen LogP contribution in [-0.4, -0.2) is 18.5 Å². The molecule has 26 heavy (non-hydrogen) atoms. The van der Waals surface area contributed by atoms with Gasteiger partial charge in [0.2, 0.25) is 0 Å². The van der Waals surface area contributed by atoms with Crippen molar-refractivity contribution in [3.8, 4) is 11.5 Å². The summed E-state index contributed by atoms with van der Waals surface area (Å²) in [6, 6.07) is 16.4. The fraction of sp³-hybridized carbons (Fsp3) is 0.238. The third-order valence-electron chi connectivity index (χ3n) is 4.08.